The highest BCUT2D eigenvalue weighted by atomic mass is 79.9. The predicted molar refractivity (Wildman–Crippen MR) is 64.9 cm³/mol. The lowest BCUT2D eigenvalue weighted by Crippen LogP contribution is -2.52. The number of ether oxygens (including phenoxy) is 2. The van der Waals surface area contributed by atoms with Crippen LogP contribution in [0.15, 0.2) is 9.47 Å². The van der Waals surface area contributed by atoms with Gasteiger partial charge in [0.15, 0.2) is 5.79 Å². The summed E-state index contributed by atoms with van der Waals surface area (Å²) in [7, 11) is 0. The standard InChI is InChI=1S/C11H14Br2O2/c12-10(13)5-7-3-8-6-11(9(8)4-7)14-1-2-15-11/h5,7-9H,1-4,6H2/t7-,8-,9-/m1/s1. The number of hydrogen-bond donors (Lipinski definition) is 0. The molecule has 0 aromatic rings. The first-order valence-electron chi connectivity index (χ1n) is 5.50. The highest BCUT2D eigenvalue weighted by Crippen LogP contribution is 2.59. The number of fused-ring (bicyclic) bond motifs is 2. The maximum Gasteiger partial charge on any atom is 0.171 e. The minimum Gasteiger partial charge on any atom is -0.347 e. The predicted octanol–water partition coefficient (Wildman–Crippen LogP) is 3.41. The lowest BCUT2D eigenvalue weighted by molar-refractivity contribution is -0.267. The SMILES string of the molecule is BrC(Br)=C[C@@H]1C[C@@H]2CC3(OCCO3)[C@@H]2C1. The van der Waals surface area contributed by atoms with Crippen molar-refractivity contribution in [1.82, 2.24) is 0 Å². The number of halogens is 2. The molecular formula is C11H14Br2O2. The van der Waals surface area contributed by atoms with Gasteiger partial charge in [-0.25, -0.2) is 0 Å². The fraction of sp³-hybridized carbons (Fsp3) is 0.818. The van der Waals surface area contributed by atoms with E-state index in [-0.39, 0.29) is 5.79 Å². The molecule has 4 heteroatoms. The molecule has 84 valence electrons. The van der Waals surface area contributed by atoms with E-state index in [1.807, 2.05) is 0 Å². The van der Waals surface area contributed by atoms with Crippen molar-refractivity contribution < 1.29 is 9.47 Å². The van der Waals surface area contributed by atoms with Gasteiger partial charge in [-0.1, -0.05) is 6.08 Å². The molecule has 1 saturated heterocycles. The zero-order valence-corrected chi connectivity index (χ0v) is 11.6. The van der Waals surface area contributed by atoms with Gasteiger partial charge in [0.2, 0.25) is 0 Å². The Morgan fingerprint density at radius 1 is 1.20 bits per heavy atom. The summed E-state index contributed by atoms with van der Waals surface area (Å²) in [5, 5.41) is 0. The Labute approximate surface area is 107 Å². The first-order valence-corrected chi connectivity index (χ1v) is 7.09. The number of rotatable bonds is 1. The van der Waals surface area contributed by atoms with E-state index in [1.54, 1.807) is 0 Å². The number of allylic oxidation sites excluding steroid dienone is 1. The second-order valence-electron chi connectivity index (χ2n) is 4.77. The van der Waals surface area contributed by atoms with Crippen LogP contribution >= 0.6 is 31.9 Å². The van der Waals surface area contributed by atoms with Crippen molar-refractivity contribution in [2.75, 3.05) is 13.2 Å². The third kappa shape index (κ3) is 1.74. The molecule has 3 rings (SSSR count). The molecule has 0 bridgehead atoms. The third-order valence-corrected chi connectivity index (χ3v) is 4.51. The van der Waals surface area contributed by atoms with E-state index < -0.39 is 0 Å². The van der Waals surface area contributed by atoms with E-state index in [2.05, 4.69) is 37.9 Å². The zero-order valence-electron chi connectivity index (χ0n) is 8.42. The summed E-state index contributed by atoms with van der Waals surface area (Å²) in [6, 6.07) is 0. The van der Waals surface area contributed by atoms with Crippen LogP contribution in [0.5, 0.6) is 0 Å². The average Bonchev–Trinajstić information content (AvgIpc) is 2.71. The fourth-order valence-electron chi connectivity index (χ4n) is 3.41. The number of hydrogen-bond acceptors (Lipinski definition) is 2. The molecule has 0 amide bonds. The summed E-state index contributed by atoms with van der Waals surface area (Å²) in [5.41, 5.74) is 0. The summed E-state index contributed by atoms with van der Waals surface area (Å²) < 4.78 is 12.6. The van der Waals surface area contributed by atoms with Crippen LogP contribution in [0.1, 0.15) is 19.3 Å². The van der Waals surface area contributed by atoms with Gasteiger partial charge in [-0.2, -0.15) is 0 Å². The Morgan fingerprint density at radius 2 is 1.93 bits per heavy atom. The largest absolute Gasteiger partial charge is 0.347 e. The van der Waals surface area contributed by atoms with Crippen LogP contribution < -0.4 is 0 Å². The van der Waals surface area contributed by atoms with Gasteiger partial charge in [-0.15, -0.1) is 0 Å². The van der Waals surface area contributed by atoms with Gasteiger partial charge in [0.05, 0.1) is 16.6 Å². The molecule has 3 fully saturated rings. The Bertz CT molecular complexity index is 293. The molecule has 0 radical (unpaired) electrons. The summed E-state index contributed by atoms with van der Waals surface area (Å²) in [4.78, 5) is 0. The molecule has 15 heavy (non-hydrogen) atoms. The maximum atomic E-state index is 5.78. The molecule has 0 aromatic heterocycles. The van der Waals surface area contributed by atoms with Crippen molar-refractivity contribution in [2.24, 2.45) is 17.8 Å². The van der Waals surface area contributed by atoms with E-state index in [1.165, 1.54) is 12.8 Å². The van der Waals surface area contributed by atoms with Crippen LogP contribution in [0, 0.1) is 17.8 Å². The molecular weight excluding hydrogens is 324 g/mol. The van der Waals surface area contributed by atoms with E-state index in [0.29, 0.717) is 11.8 Å². The summed E-state index contributed by atoms with van der Waals surface area (Å²) >= 11 is 6.87. The lowest BCUT2D eigenvalue weighted by atomic mass is 9.70. The normalized spacial score (nSPS) is 41.3. The van der Waals surface area contributed by atoms with Crippen molar-refractivity contribution >= 4 is 31.9 Å². The van der Waals surface area contributed by atoms with Crippen LogP contribution in [0.2, 0.25) is 0 Å². The van der Waals surface area contributed by atoms with Gasteiger partial charge in [-0.3, -0.25) is 0 Å². The van der Waals surface area contributed by atoms with Gasteiger partial charge in [0.25, 0.3) is 0 Å². The van der Waals surface area contributed by atoms with E-state index in [4.69, 9.17) is 9.47 Å². The summed E-state index contributed by atoms with van der Waals surface area (Å²) in [6.07, 6.45) is 5.88. The first kappa shape index (κ1) is 10.8. The van der Waals surface area contributed by atoms with Crippen molar-refractivity contribution in [3.8, 4) is 0 Å². The molecule has 3 atom stereocenters. The van der Waals surface area contributed by atoms with Gasteiger partial charge >= 0.3 is 0 Å². The van der Waals surface area contributed by atoms with E-state index in [0.717, 1.165) is 28.9 Å². The first-order chi connectivity index (χ1) is 7.20. The Morgan fingerprint density at radius 3 is 2.60 bits per heavy atom. The Hall–Kier alpha value is 0.620. The highest BCUT2D eigenvalue weighted by Gasteiger charge is 2.61. The molecule has 1 heterocycles. The van der Waals surface area contributed by atoms with Crippen LogP contribution in [0.3, 0.4) is 0 Å². The molecule has 1 aliphatic heterocycles. The third-order valence-electron chi connectivity index (χ3n) is 3.98. The van der Waals surface area contributed by atoms with Crippen molar-refractivity contribution in [1.29, 1.82) is 0 Å². The Kier molecular flexibility index (Phi) is 2.74. The van der Waals surface area contributed by atoms with Crippen molar-refractivity contribution in [3.05, 3.63) is 9.47 Å². The lowest BCUT2D eigenvalue weighted by Gasteiger charge is -2.47. The fourth-order valence-corrected chi connectivity index (χ4v) is 4.15. The van der Waals surface area contributed by atoms with Crippen LogP contribution in [-0.2, 0) is 9.47 Å². The van der Waals surface area contributed by atoms with Crippen LogP contribution in [0.4, 0.5) is 0 Å². The average molecular weight is 338 g/mol. The van der Waals surface area contributed by atoms with Crippen LogP contribution in [-0.4, -0.2) is 19.0 Å². The van der Waals surface area contributed by atoms with Gasteiger partial charge in [0, 0.05) is 12.3 Å². The molecule has 0 unspecified atom stereocenters. The summed E-state index contributed by atoms with van der Waals surface area (Å²) in [6.45, 7) is 1.57. The molecule has 3 aliphatic rings. The van der Waals surface area contributed by atoms with Gasteiger partial charge in [-0.05, 0) is 56.5 Å². The van der Waals surface area contributed by atoms with E-state index >= 15 is 0 Å². The minimum absolute atomic E-state index is 0.175. The summed E-state index contributed by atoms with van der Waals surface area (Å²) in [5.74, 6) is 1.97. The quantitative estimate of drug-likeness (QED) is 0.730. The molecule has 2 aliphatic carbocycles. The van der Waals surface area contributed by atoms with Gasteiger partial charge in [0.1, 0.15) is 0 Å². The molecule has 1 spiro atoms. The van der Waals surface area contributed by atoms with Crippen molar-refractivity contribution in [2.45, 2.75) is 25.0 Å². The molecule has 2 nitrogen and oxygen atoms in total. The monoisotopic (exact) mass is 336 g/mol. The second kappa shape index (κ2) is 3.83. The molecule has 0 N–H and O–H groups in total. The van der Waals surface area contributed by atoms with Crippen molar-refractivity contribution in [3.63, 3.8) is 0 Å². The molecule has 0 aromatic carbocycles. The topological polar surface area (TPSA) is 18.5 Å². The minimum atomic E-state index is -0.175. The van der Waals surface area contributed by atoms with Gasteiger partial charge < -0.3 is 9.47 Å². The molecule has 2 saturated carbocycles. The van der Waals surface area contributed by atoms with Crippen LogP contribution in [0.25, 0.3) is 0 Å². The Balaban J connectivity index is 1.69. The second-order valence-corrected chi connectivity index (χ2v) is 7.54. The maximum absolute atomic E-state index is 5.78. The highest BCUT2D eigenvalue weighted by molar-refractivity contribution is 9.28. The van der Waals surface area contributed by atoms with E-state index in [9.17, 15) is 0 Å². The smallest absolute Gasteiger partial charge is 0.171 e. The zero-order chi connectivity index (χ0) is 10.5.